The SMILES string of the molecule is C=C.CCCCSCC(O)CNCCN.CCN. The van der Waals surface area contributed by atoms with Gasteiger partial charge in [-0.3, -0.25) is 0 Å². The van der Waals surface area contributed by atoms with Crippen molar-refractivity contribution in [3.8, 4) is 0 Å². The Bertz CT molecular complexity index is 129. The van der Waals surface area contributed by atoms with Crippen LogP contribution in [0.15, 0.2) is 13.2 Å². The Morgan fingerprint density at radius 3 is 2.28 bits per heavy atom. The van der Waals surface area contributed by atoms with Gasteiger partial charge in [0.05, 0.1) is 6.10 Å². The second-order valence-electron chi connectivity index (χ2n) is 3.48. The molecule has 18 heavy (non-hydrogen) atoms. The molecule has 0 aromatic rings. The maximum atomic E-state index is 9.45. The van der Waals surface area contributed by atoms with Crippen molar-refractivity contribution in [2.24, 2.45) is 11.5 Å². The van der Waals surface area contributed by atoms with E-state index in [9.17, 15) is 5.11 Å². The highest BCUT2D eigenvalue weighted by Gasteiger charge is 2.02. The lowest BCUT2D eigenvalue weighted by molar-refractivity contribution is 0.196. The van der Waals surface area contributed by atoms with E-state index in [1.54, 1.807) is 0 Å². The summed E-state index contributed by atoms with van der Waals surface area (Å²) in [5.41, 5.74) is 10.2. The first-order valence-electron chi connectivity index (χ1n) is 6.59. The van der Waals surface area contributed by atoms with Gasteiger partial charge >= 0.3 is 0 Å². The Morgan fingerprint density at radius 1 is 1.28 bits per heavy atom. The number of aliphatic hydroxyl groups is 1. The molecule has 0 saturated carbocycles. The summed E-state index contributed by atoms with van der Waals surface area (Å²) in [4.78, 5) is 0. The molecule has 0 rings (SSSR count). The predicted octanol–water partition coefficient (Wildman–Crippen LogP) is 1.20. The molecule has 0 bridgehead atoms. The van der Waals surface area contributed by atoms with Crippen molar-refractivity contribution in [3.63, 3.8) is 0 Å². The van der Waals surface area contributed by atoms with Gasteiger partial charge in [-0.15, -0.1) is 13.2 Å². The number of hydrogen-bond acceptors (Lipinski definition) is 5. The summed E-state index contributed by atoms with van der Waals surface area (Å²) in [5.74, 6) is 1.99. The van der Waals surface area contributed by atoms with Gasteiger partial charge in [-0.05, 0) is 18.7 Å². The molecule has 0 fully saturated rings. The molecule has 112 valence electrons. The van der Waals surface area contributed by atoms with Crippen LogP contribution in [0.4, 0.5) is 0 Å². The first-order chi connectivity index (χ1) is 8.72. The zero-order chi connectivity index (χ0) is 14.6. The van der Waals surface area contributed by atoms with E-state index in [1.165, 1.54) is 12.8 Å². The van der Waals surface area contributed by atoms with E-state index in [0.717, 1.165) is 24.6 Å². The van der Waals surface area contributed by atoms with Crippen LogP contribution < -0.4 is 16.8 Å². The monoisotopic (exact) mass is 279 g/mol. The molecule has 0 amide bonds. The highest BCUT2D eigenvalue weighted by atomic mass is 32.2. The number of nitrogens with two attached hydrogens (primary N) is 2. The summed E-state index contributed by atoms with van der Waals surface area (Å²) in [6, 6.07) is 0. The van der Waals surface area contributed by atoms with Crippen LogP contribution in [0, 0.1) is 0 Å². The molecule has 0 spiro atoms. The van der Waals surface area contributed by atoms with Gasteiger partial charge in [-0.1, -0.05) is 20.3 Å². The molecule has 0 aromatic carbocycles. The average molecular weight is 279 g/mol. The fourth-order valence-corrected chi connectivity index (χ4v) is 1.94. The third-order valence-electron chi connectivity index (χ3n) is 1.65. The van der Waals surface area contributed by atoms with Crippen LogP contribution in [-0.2, 0) is 0 Å². The highest BCUT2D eigenvalue weighted by Crippen LogP contribution is 2.05. The minimum atomic E-state index is -0.228. The van der Waals surface area contributed by atoms with E-state index in [-0.39, 0.29) is 6.10 Å². The maximum Gasteiger partial charge on any atom is 0.0754 e. The number of unbranched alkanes of at least 4 members (excludes halogenated alkanes) is 1. The van der Waals surface area contributed by atoms with Gasteiger partial charge in [-0.25, -0.2) is 0 Å². The smallest absolute Gasteiger partial charge is 0.0754 e. The first-order valence-corrected chi connectivity index (χ1v) is 7.74. The maximum absolute atomic E-state index is 9.45. The first kappa shape index (κ1) is 23.1. The van der Waals surface area contributed by atoms with E-state index in [2.05, 4.69) is 25.4 Å². The summed E-state index contributed by atoms with van der Waals surface area (Å²) < 4.78 is 0. The Hall–Kier alpha value is -0.0700. The molecule has 0 aliphatic carbocycles. The molecule has 0 aliphatic rings. The lowest BCUT2D eigenvalue weighted by Gasteiger charge is -2.10. The van der Waals surface area contributed by atoms with Gasteiger partial charge in [0.25, 0.3) is 0 Å². The third kappa shape index (κ3) is 29.7. The number of aliphatic hydroxyl groups excluding tert-OH is 1. The van der Waals surface area contributed by atoms with Gasteiger partial charge in [0.15, 0.2) is 0 Å². The second-order valence-corrected chi connectivity index (χ2v) is 4.63. The quantitative estimate of drug-likeness (QED) is 0.376. The van der Waals surface area contributed by atoms with Crippen molar-refractivity contribution in [2.75, 3.05) is 37.7 Å². The Morgan fingerprint density at radius 2 is 1.83 bits per heavy atom. The van der Waals surface area contributed by atoms with Crippen LogP contribution in [0.2, 0.25) is 0 Å². The number of thioether (sulfide) groups is 1. The number of rotatable bonds is 9. The Kier molecular flexibility index (Phi) is 32.9. The van der Waals surface area contributed by atoms with Crippen molar-refractivity contribution in [1.29, 1.82) is 0 Å². The van der Waals surface area contributed by atoms with Crippen molar-refractivity contribution < 1.29 is 5.11 Å². The summed E-state index contributed by atoms with van der Waals surface area (Å²) >= 11 is 1.82. The van der Waals surface area contributed by atoms with E-state index in [4.69, 9.17) is 11.5 Å². The number of hydrogen-bond donors (Lipinski definition) is 4. The van der Waals surface area contributed by atoms with Crippen LogP contribution in [0.25, 0.3) is 0 Å². The molecular formula is C13H33N3OS. The standard InChI is InChI=1S/C9H22N2OS.C2H7N.C2H4/c1-2-3-6-13-8-9(12)7-11-5-4-10;1-2-3;1-2/h9,11-12H,2-8,10H2,1H3;2-3H2,1H3;1-2H2. The highest BCUT2D eigenvalue weighted by molar-refractivity contribution is 7.99. The molecule has 1 atom stereocenters. The van der Waals surface area contributed by atoms with Crippen LogP contribution >= 0.6 is 11.8 Å². The van der Waals surface area contributed by atoms with E-state index in [1.807, 2.05) is 18.7 Å². The van der Waals surface area contributed by atoms with Crippen LogP contribution in [-0.4, -0.2) is 48.9 Å². The molecule has 0 heterocycles. The molecule has 6 N–H and O–H groups in total. The van der Waals surface area contributed by atoms with Crippen LogP contribution in [0.1, 0.15) is 26.7 Å². The summed E-state index contributed by atoms with van der Waals surface area (Å²) in [6.45, 7) is 12.9. The molecule has 0 radical (unpaired) electrons. The zero-order valence-electron chi connectivity index (χ0n) is 12.2. The minimum absolute atomic E-state index is 0.228. The second kappa shape index (κ2) is 25.7. The van der Waals surface area contributed by atoms with E-state index in [0.29, 0.717) is 13.1 Å². The largest absolute Gasteiger partial charge is 0.391 e. The van der Waals surface area contributed by atoms with Crippen molar-refractivity contribution in [1.82, 2.24) is 5.32 Å². The van der Waals surface area contributed by atoms with Gasteiger partial charge in [-0.2, -0.15) is 11.8 Å². The number of nitrogens with one attached hydrogen (secondary N) is 1. The lowest BCUT2D eigenvalue weighted by atomic mass is 10.4. The molecule has 5 heteroatoms. The fraction of sp³-hybridized carbons (Fsp3) is 0.846. The Labute approximate surface area is 118 Å². The molecular weight excluding hydrogens is 246 g/mol. The van der Waals surface area contributed by atoms with Crippen molar-refractivity contribution in [3.05, 3.63) is 13.2 Å². The van der Waals surface area contributed by atoms with Crippen LogP contribution in [0.5, 0.6) is 0 Å². The topological polar surface area (TPSA) is 84.3 Å². The minimum Gasteiger partial charge on any atom is -0.391 e. The van der Waals surface area contributed by atoms with Gasteiger partial charge in [0.2, 0.25) is 0 Å². The lowest BCUT2D eigenvalue weighted by Crippen LogP contribution is -2.32. The Balaban J connectivity index is -0.000000389. The van der Waals surface area contributed by atoms with Crippen LogP contribution in [0.3, 0.4) is 0 Å². The van der Waals surface area contributed by atoms with Crippen molar-refractivity contribution >= 4 is 11.8 Å². The van der Waals surface area contributed by atoms with E-state index >= 15 is 0 Å². The molecule has 4 nitrogen and oxygen atoms in total. The molecule has 0 aliphatic heterocycles. The molecule has 0 saturated heterocycles. The summed E-state index contributed by atoms with van der Waals surface area (Å²) in [6.07, 6.45) is 2.25. The van der Waals surface area contributed by atoms with Gasteiger partial charge in [0, 0.05) is 25.4 Å². The zero-order valence-corrected chi connectivity index (χ0v) is 13.0. The normalized spacial score (nSPS) is 10.7. The molecule has 0 aromatic heterocycles. The fourth-order valence-electron chi connectivity index (χ4n) is 0.895. The average Bonchev–Trinajstić information content (AvgIpc) is 2.38. The van der Waals surface area contributed by atoms with Gasteiger partial charge in [0.1, 0.15) is 0 Å². The van der Waals surface area contributed by atoms with E-state index < -0.39 is 0 Å². The predicted molar refractivity (Wildman–Crippen MR) is 86.1 cm³/mol. The summed E-state index contributed by atoms with van der Waals surface area (Å²) in [5, 5.41) is 12.5. The third-order valence-corrected chi connectivity index (χ3v) is 2.85. The van der Waals surface area contributed by atoms with Crippen molar-refractivity contribution in [2.45, 2.75) is 32.8 Å². The molecule has 1 unspecified atom stereocenters. The summed E-state index contributed by atoms with van der Waals surface area (Å²) in [7, 11) is 0. The van der Waals surface area contributed by atoms with Gasteiger partial charge < -0.3 is 21.9 Å².